The van der Waals surface area contributed by atoms with Crippen molar-refractivity contribution in [1.29, 1.82) is 0 Å². The predicted molar refractivity (Wildman–Crippen MR) is 72.2 cm³/mol. The number of pyridine rings is 1. The summed E-state index contributed by atoms with van der Waals surface area (Å²) in [7, 11) is 0. The van der Waals surface area contributed by atoms with Gasteiger partial charge in [-0.15, -0.1) is 0 Å². The normalized spacial score (nSPS) is 24.5. The van der Waals surface area contributed by atoms with E-state index in [-0.39, 0.29) is 17.5 Å². The van der Waals surface area contributed by atoms with Crippen molar-refractivity contribution in [1.82, 2.24) is 4.98 Å². The maximum absolute atomic E-state index is 11.1. The molecule has 108 valence electrons. The van der Waals surface area contributed by atoms with Gasteiger partial charge in [-0.05, 0) is 22.9 Å². The van der Waals surface area contributed by atoms with E-state index in [4.69, 9.17) is 21.1 Å². The van der Waals surface area contributed by atoms with Gasteiger partial charge in [0, 0.05) is 6.54 Å². The molecular formula is C12H14ClN3O4. The third kappa shape index (κ3) is 2.02. The van der Waals surface area contributed by atoms with E-state index in [2.05, 4.69) is 4.98 Å². The van der Waals surface area contributed by atoms with Crippen LogP contribution in [0.5, 0.6) is 0 Å². The zero-order chi connectivity index (χ0) is 14.3. The number of nitrogens with zero attached hydrogens (tertiary/aromatic N) is 3. The minimum atomic E-state index is -0.488. The number of anilines is 1. The van der Waals surface area contributed by atoms with Crippen molar-refractivity contribution in [3.05, 3.63) is 27.4 Å². The van der Waals surface area contributed by atoms with E-state index < -0.39 is 4.92 Å². The van der Waals surface area contributed by atoms with Crippen LogP contribution in [-0.2, 0) is 9.47 Å². The largest absolute Gasteiger partial charge is 0.387 e. The molecule has 0 radical (unpaired) electrons. The van der Waals surface area contributed by atoms with Gasteiger partial charge in [-0.1, -0.05) is 11.6 Å². The molecule has 0 amide bonds. The van der Waals surface area contributed by atoms with E-state index in [0.717, 1.165) is 0 Å². The Hall–Kier alpha value is -1.44. The monoisotopic (exact) mass is 299 g/mol. The maximum Gasteiger partial charge on any atom is 0.387 e. The summed E-state index contributed by atoms with van der Waals surface area (Å²) in [4.78, 5) is 16.4. The number of hydrogen-bond donors (Lipinski definition) is 0. The van der Waals surface area contributed by atoms with Gasteiger partial charge in [0.2, 0.25) is 0 Å². The zero-order valence-electron chi connectivity index (χ0n) is 10.9. The van der Waals surface area contributed by atoms with E-state index in [1.54, 1.807) is 6.07 Å². The molecule has 2 aliphatic rings. The third-order valence-corrected chi connectivity index (χ3v) is 4.15. The van der Waals surface area contributed by atoms with Gasteiger partial charge in [0.1, 0.15) is 11.3 Å². The topological polar surface area (TPSA) is 77.7 Å². The number of nitro groups is 1. The van der Waals surface area contributed by atoms with Crippen LogP contribution in [0.3, 0.4) is 0 Å². The number of rotatable bonds is 2. The number of aromatic nitrogens is 1. The first kappa shape index (κ1) is 13.5. The zero-order valence-corrected chi connectivity index (χ0v) is 11.7. The molecule has 0 bridgehead atoms. The molecule has 1 spiro atoms. The molecule has 0 saturated carbocycles. The van der Waals surface area contributed by atoms with Crippen LogP contribution in [0.15, 0.2) is 12.3 Å². The molecule has 8 heteroatoms. The standard InChI is InChI=1S/C12H14ClN3O4/c1-8-12(6-19-7-12)20-3-2-15(8)10-4-9(13)5-14-11(10)16(17)18/h4-5,8H,2-3,6-7H2,1H3. The Kier molecular flexibility index (Phi) is 3.27. The van der Waals surface area contributed by atoms with Gasteiger partial charge in [0.15, 0.2) is 6.20 Å². The minimum Gasteiger partial charge on any atom is -0.375 e. The van der Waals surface area contributed by atoms with Gasteiger partial charge < -0.3 is 24.5 Å². The lowest BCUT2D eigenvalue weighted by molar-refractivity contribution is -0.388. The van der Waals surface area contributed by atoms with Crippen molar-refractivity contribution in [3.8, 4) is 0 Å². The highest BCUT2D eigenvalue weighted by Gasteiger charge is 2.50. The van der Waals surface area contributed by atoms with Crippen molar-refractivity contribution in [3.63, 3.8) is 0 Å². The highest BCUT2D eigenvalue weighted by atomic mass is 35.5. The molecule has 2 aliphatic heterocycles. The fourth-order valence-electron chi connectivity index (χ4n) is 2.68. The number of halogens is 1. The average Bonchev–Trinajstić information content (AvgIpc) is 2.36. The van der Waals surface area contributed by atoms with Crippen LogP contribution in [0.25, 0.3) is 0 Å². The van der Waals surface area contributed by atoms with Crippen LogP contribution >= 0.6 is 11.6 Å². The van der Waals surface area contributed by atoms with Gasteiger partial charge in [0.25, 0.3) is 0 Å². The molecule has 0 aliphatic carbocycles. The highest BCUT2D eigenvalue weighted by molar-refractivity contribution is 6.30. The molecule has 2 saturated heterocycles. The number of ether oxygens (including phenoxy) is 2. The van der Waals surface area contributed by atoms with Crippen LogP contribution < -0.4 is 4.90 Å². The molecule has 0 N–H and O–H groups in total. The van der Waals surface area contributed by atoms with E-state index in [1.807, 2.05) is 11.8 Å². The summed E-state index contributed by atoms with van der Waals surface area (Å²) in [5, 5.41) is 11.5. The predicted octanol–water partition coefficient (Wildman–Crippen LogP) is 1.64. The molecule has 1 atom stereocenters. The van der Waals surface area contributed by atoms with Crippen molar-refractivity contribution < 1.29 is 14.4 Å². The van der Waals surface area contributed by atoms with Gasteiger partial charge in [-0.2, -0.15) is 0 Å². The summed E-state index contributed by atoms with van der Waals surface area (Å²) in [6, 6.07) is 1.55. The molecule has 7 nitrogen and oxygen atoms in total. The molecule has 3 heterocycles. The van der Waals surface area contributed by atoms with Crippen LogP contribution in [0, 0.1) is 10.1 Å². The molecule has 0 aromatic carbocycles. The second-order valence-corrected chi connectivity index (χ2v) is 5.47. The Morgan fingerprint density at radius 3 is 2.95 bits per heavy atom. The van der Waals surface area contributed by atoms with Gasteiger partial charge in [-0.25, -0.2) is 0 Å². The van der Waals surface area contributed by atoms with Crippen LogP contribution in [-0.4, -0.2) is 47.9 Å². The lowest BCUT2D eigenvalue weighted by atomic mass is 9.90. The van der Waals surface area contributed by atoms with Gasteiger partial charge >= 0.3 is 5.82 Å². The molecule has 3 rings (SSSR count). The third-order valence-electron chi connectivity index (χ3n) is 3.94. The molecule has 20 heavy (non-hydrogen) atoms. The summed E-state index contributed by atoms with van der Waals surface area (Å²) in [6.07, 6.45) is 1.29. The second-order valence-electron chi connectivity index (χ2n) is 5.03. The van der Waals surface area contributed by atoms with Crippen molar-refractivity contribution >= 4 is 23.1 Å². The summed E-state index contributed by atoms with van der Waals surface area (Å²) < 4.78 is 11.1. The maximum atomic E-state index is 11.1. The van der Waals surface area contributed by atoms with Gasteiger partial charge in [-0.3, -0.25) is 0 Å². The van der Waals surface area contributed by atoms with E-state index >= 15 is 0 Å². The summed E-state index contributed by atoms with van der Waals surface area (Å²) >= 11 is 5.94. The summed E-state index contributed by atoms with van der Waals surface area (Å²) in [5.74, 6) is -0.182. The fraction of sp³-hybridized carbons (Fsp3) is 0.583. The Morgan fingerprint density at radius 2 is 2.35 bits per heavy atom. The first-order valence-corrected chi connectivity index (χ1v) is 6.69. The number of morpholine rings is 1. The first-order valence-electron chi connectivity index (χ1n) is 6.32. The molecule has 1 aromatic rings. The van der Waals surface area contributed by atoms with Crippen molar-refractivity contribution in [2.24, 2.45) is 0 Å². The van der Waals surface area contributed by atoms with Crippen molar-refractivity contribution in [2.75, 3.05) is 31.3 Å². The minimum absolute atomic E-state index is 0.0380. The Morgan fingerprint density at radius 1 is 1.60 bits per heavy atom. The second kappa shape index (κ2) is 4.83. The Balaban J connectivity index is 1.99. The number of hydrogen-bond acceptors (Lipinski definition) is 6. The lowest BCUT2D eigenvalue weighted by Gasteiger charge is -2.53. The molecule has 1 aromatic heterocycles. The van der Waals surface area contributed by atoms with Crippen LogP contribution in [0.4, 0.5) is 11.5 Å². The first-order chi connectivity index (χ1) is 9.53. The van der Waals surface area contributed by atoms with Crippen molar-refractivity contribution in [2.45, 2.75) is 18.6 Å². The van der Waals surface area contributed by atoms with E-state index in [0.29, 0.717) is 37.1 Å². The lowest BCUT2D eigenvalue weighted by Crippen LogP contribution is -2.68. The molecule has 1 unspecified atom stereocenters. The smallest absolute Gasteiger partial charge is 0.375 e. The Bertz CT molecular complexity index is 550. The average molecular weight is 300 g/mol. The van der Waals surface area contributed by atoms with E-state index in [9.17, 15) is 10.1 Å². The summed E-state index contributed by atoms with van der Waals surface area (Å²) in [5.41, 5.74) is 0.0543. The highest BCUT2D eigenvalue weighted by Crippen LogP contribution is 2.38. The van der Waals surface area contributed by atoms with Crippen LogP contribution in [0.2, 0.25) is 5.02 Å². The SMILES string of the molecule is CC1N(c2cc(Cl)cnc2[N+](=O)[O-])CCOC12COC2. The molecule has 2 fully saturated rings. The van der Waals surface area contributed by atoms with Crippen LogP contribution in [0.1, 0.15) is 6.92 Å². The van der Waals surface area contributed by atoms with E-state index in [1.165, 1.54) is 6.20 Å². The molecular weight excluding hydrogens is 286 g/mol. The quantitative estimate of drug-likeness (QED) is 0.610. The fourth-order valence-corrected chi connectivity index (χ4v) is 2.83. The summed E-state index contributed by atoms with van der Waals surface area (Å²) in [6.45, 7) is 4.05. The van der Waals surface area contributed by atoms with Gasteiger partial charge in [0.05, 0.1) is 30.9 Å². The Labute approximate surface area is 120 Å².